The Kier molecular flexibility index (Phi) is 5.32. The van der Waals surface area contributed by atoms with Gasteiger partial charge >= 0.3 is 0 Å². The average molecular weight is 352 g/mol. The van der Waals surface area contributed by atoms with Gasteiger partial charge in [0.15, 0.2) is 0 Å². The van der Waals surface area contributed by atoms with Crippen LogP contribution >= 0.6 is 0 Å². The maximum absolute atomic E-state index is 6.16. The van der Waals surface area contributed by atoms with Gasteiger partial charge in [0.05, 0.1) is 0 Å². The smallest absolute Gasteiger partial charge is 0.133 e. The fraction of sp³-hybridized carbons (Fsp3) is 0.500. The van der Waals surface area contributed by atoms with Crippen LogP contribution in [0.2, 0.25) is 0 Å². The highest BCUT2D eigenvalue weighted by molar-refractivity contribution is 5.49. The SMILES string of the molecule is Cc1cc(C2(C)CCC(C(C)C)CC2)cc(C)c1Oc1ccc(N)cc1. The molecule has 1 aliphatic carbocycles. The topological polar surface area (TPSA) is 35.2 Å². The summed E-state index contributed by atoms with van der Waals surface area (Å²) < 4.78 is 6.16. The third kappa shape index (κ3) is 3.90. The second kappa shape index (κ2) is 7.34. The van der Waals surface area contributed by atoms with Crippen molar-refractivity contribution in [2.45, 2.75) is 65.7 Å². The van der Waals surface area contributed by atoms with E-state index >= 15 is 0 Å². The molecule has 2 N–H and O–H groups in total. The summed E-state index contributed by atoms with van der Waals surface area (Å²) in [5.41, 5.74) is 10.7. The summed E-state index contributed by atoms with van der Waals surface area (Å²) in [6, 6.07) is 12.3. The number of hydrogen-bond donors (Lipinski definition) is 1. The highest BCUT2D eigenvalue weighted by atomic mass is 16.5. The summed E-state index contributed by atoms with van der Waals surface area (Å²) in [6.45, 7) is 11.5. The molecule has 26 heavy (non-hydrogen) atoms. The van der Waals surface area contributed by atoms with E-state index in [2.05, 4.69) is 46.8 Å². The van der Waals surface area contributed by atoms with Crippen LogP contribution in [-0.4, -0.2) is 0 Å². The first-order chi connectivity index (χ1) is 12.3. The van der Waals surface area contributed by atoms with Gasteiger partial charge in [0.2, 0.25) is 0 Å². The van der Waals surface area contributed by atoms with Gasteiger partial charge in [0.1, 0.15) is 11.5 Å². The van der Waals surface area contributed by atoms with Gasteiger partial charge in [-0.2, -0.15) is 0 Å². The molecule has 0 unspecified atom stereocenters. The van der Waals surface area contributed by atoms with Gasteiger partial charge < -0.3 is 10.5 Å². The predicted octanol–water partition coefficient (Wildman–Crippen LogP) is 6.78. The lowest BCUT2D eigenvalue weighted by Crippen LogP contribution is -2.30. The molecule has 0 heterocycles. The van der Waals surface area contributed by atoms with E-state index in [9.17, 15) is 0 Å². The molecule has 0 saturated heterocycles. The monoisotopic (exact) mass is 351 g/mol. The normalized spacial score (nSPS) is 23.2. The average Bonchev–Trinajstić information content (AvgIpc) is 2.60. The third-order valence-electron chi connectivity index (χ3n) is 6.33. The standard InChI is InChI=1S/C24H33NO/c1-16(2)19-10-12-24(5,13-11-19)20-14-17(3)23(18(4)15-20)26-22-8-6-21(25)7-9-22/h6-9,14-16,19H,10-13,25H2,1-5H3. The summed E-state index contributed by atoms with van der Waals surface area (Å²) in [5.74, 6) is 3.50. The Morgan fingerprint density at radius 2 is 1.54 bits per heavy atom. The van der Waals surface area contributed by atoms with Crippen molar-refractivity contribution in [3.8, 4) is 11.5 Å². The first-order valence-electron chi connectivity index (χ1n) is 9.93. The fourth-order valence-corrected chi connectivity index (χ4v) is 4.35. The minimum Gasteiger partial charge on any atom is -0.457 e. The van der Waals surface area contributed by atoms with Crippen LogP contribution in [0.1, 0.15) is 63.1 Å². The lowest BCUT2D eigenvalue weighted by atomic mass is 9.65. The first-order valence-corrected chi connectivity index (χ1v) is 9.93. The molecule has 2 aromatic rings. The molecule has 1 fully saturated rings. The van der Waals surface area contributed by atoms with E-state index in [1.54, 1.807) is 0 Å². The Morgan fingerprint density at radius 1 is 1.00 bits per heavy atom. The Balaban J connectivity index is 1.82. The van der Waals surface area contributed by atoms with E-state index in [1.165, 1.54) is 42.4 Å². The van der Waals surface area contributed by atoms with Crippen LogP contribution in [0.4, 0.5) is 5.69 Å². The molecule has 0 aromatic heterocycles. The number of aryl methyl sites for hydroxylation is 2. The molecule has 0 spiro atoms. The number of benzene rings is 2. The van der Waals surface area contributed by atoms with Gasteiger partial charge in [0.25, 0.3) is 0 Å². The molecular formula is C24H33NO. The van der Waals surface area contributed by atoms with Gasteiger partial charge in [-0.15, -0.1) is 0 Å². The zero-order valence-electron chi connectivity index (χ0n) is 16.9. The number of nitrogen functional groups attached to an aromatic ring is 1. The van der Waals surface area contributed by atoms with Crippen LogP contribution in [0.5, 0.6) is 11.5 Å². The minimum atomic E-state index is 0.292. The molecule has 0 radical (unpaired) electrons. The van der Waals surface area contributed by atoms with Gasteiger partial charge in [-0.1, -0.05) is 32.9 Å². The van der Waals surface area contributed by atoms with Gasteiger partial charge in [-0.3, -0.25) is 0 Å². The van der Waals surface area contributed by atoms with Crippen molar-refractivity contribution in [2.75, 3.05) is 5.73 Å². The molecule has 0 atom stereocenters. The Labute approximate surface area is 158 Å². The maximum Gasteiger partial charge on any atom is 0.133 e. The van der Waals surface area contributed by atoms with Crippen molar-refractivity contribution in [1.82, 2.24) is 0 Å². The Bertz CT molecular complexity index is 729. The number of nitrogens with two attached hydrogens (primary N) is 1. The van der Waals surface area contributed by atoms with E-state index in [-0.39, 0.29) is 0 Å². The molecule has 3 rings (SSSR count). The molecule has 0 amide bonds. The van der Waals surface area contributed by atoms with Gasteiger partial charge in [-0.05, 0) is 97.7 Å². The Morgan fingerprint density at radius 3 is 2.04 bits per heavy atom. The van der Waals surface area contributed by atoms with Crippen molar-refractivity contribution in [2.24, 2.45) is 11.8 Å². The molecule has 140 valence electrons. The van der Waals surface area contributed by atoms with Crippen molar-refractivity contribution in [3.05, 3.63) is 53.1 Å². The summed E-state index contributed by atoms with van der Waals surface area (Å²) >= 11 is 0. The zero-order chi connectivity index (χ0) is 18.9. The number of anilines is 1. The molecule has 1 saturated carbocycles. The van der Waals surface area contributed by atoms with Crippen LogP contribution in [0.25, 0.3) is 0 Å². The summed E-state index contributed by atoms with van der Waals surface area (Å²) in [7, 11) is 0. The molecule has 1 aliphatic rings. The molecular weight excluding hydrogens is 318 g/mol. The van der Waals surface area contributed by atoms with Crippen LogP contribution in [0.3, 0.4) is 0 Å². The summed E-state index contributed by atoms with van der Waals surface area (Å²) in [5, 5.41) is 0. The second-order valence-corrected chi connectivity index (χ2v) is 8.75. The highest BCUT2D eigenvalue weighted by Gasteiger charge is 2.34. The van der Waals surface area contributed by atoms with Crippen LogP contribution in [0.15, 0.2) is 36.4 Å². The molecule has 0 aliphatic heterocycles. The van der Waals surface area contributed by atoms with Gasteiger partial charge in [-0.25, -0.2) is 0 Å². The molecule has 2 aromatic carbocycles. The largest absolute Gasteiger partial charge is 0.457 e. The van der Waals surface area contributed by atoms with E-state index < -0.39 is 0 Å². The zero-order valence-corrected chi connectivity index (χ0v) is 16.9. The lowest BCUT2D eigenvalue weighted by Gasteiger charge is -2.39. The van der Waals surface area contributed by atoms with Crippen molar-refractivity contribution in [1.29, 1.82) is 0 Å². The number of hydrogen-bond acceptors (Lipinski definition) is 2. The first kappa shape index (κ1) is 18.8. The van der Waals surface area contributed by atoms with E-state index in [0.717, 1.165) is 29.0 Å². The summed E-state index contributed by atoms with van der Waals surface area (Å²) in [4.78, 5) is 0. The van der Waals surface area contributed by atoms with E-state index in [1.807, 2.05) is 24.3 Å². The van der Waals surface area contributed by atoms with Gasteiger partial charge in [0, 0.05) is 5.69 Å². The van der Waals surface area contributed by atoms with E-state index in [0.29, 0.717) is 5.41 Å². The number of rotatable bonds is 4. The van der Waals surface area contributed by atoms with Crippen molar-refractivity contribution in [3.63, 3.8) is 0 Å². The van der Waals surface area contributed by atoms with Crippen molar-refractivity contribution >= 4 is 5.69 Å². The predicted molar refractivity (Wildman–Crippen MR) is 111 cm³/mol. The summed E-state index contributed by atoms with van der Waals surface area (Å²) in [6.07, 6.45) is 5.26. The van der Waals surface area contributed by atoms with Crippen LogP contribution in [-0.2, 0) is 5.41 Å². The van der Waals surface area contributed by atoms with E-state index in [4.69, 9.17) is 10.5 Å². The number of ether oxygens (including phenoxy) is 1. The molecule has 2 nitrogen and oxygen atoms in total. The molecule has 2 heteroatoms. The quantitative estimate of drug-likeness (QED) is 0.616. The van der Waals surface area contributed by atoms with Crippen molar-refractivity contribution < 1.29 is 4.74 Å². The fourth-order valence-electron chi connectivity index (χ4n) is 4.35. The Hall–Kier alpha value is -1.96. The molecule has 0 bridgehead atoms. The lowest BCUT2D eigenvalue weighted by molar-refractivity contribution is 0.204. The third-order valence-corrected chi connectivity index (χ3v) is 6.33. The maximum atomic E-state index is 6.16. The van der Waals surface area contributed by atoms with Crippen LogP contribution < -0.4 is 10.5 Å². The minimum absolute atomic E-state index is 0.292. The van der Waals surface area contributed by atoms with Crippen LogP contribution in [0, 0.1) is 25.7 Å². The highest BCUT2D eigenvalue weighted by Crippen LogP contribution is 2.45. The second-order valence-electron chi connectivity index (χ2n) is 8.75.